The first-order valence-electron chi connectivity index (χ1n) is 8.75. The molecule has 3 rings (SSSR count). The van der Waals surface area contributed by atoms with Gasteiger partial charge < -0.3 is 5.32 Å². The average Bonchev–Trinajstić information content (AvgIpc) is 3.02. The molecule has 1 N–H and O–H groups in total. The minimum Gasteiger partial charge on any atom is -0.355 e. The molecule has 1 aromatic heterocycles. The fourth-order valence-electron chi connectivity index (χ4n) is 2.87. The van der Waals surface area contributed by atoms with Gasteiger partial charge in [-0.1, -0.05) is 44.2 Å². The first-order valence-corrected chi connectivity index (χ1v) is 8.75. The van der Waals surface area contributed by atoms with E-state index in [1.165, 1.54) is 4.90 Å². The summed E-state index contributed by atoms with van der Waals surface area (Å²) in [6.07, 6.45) is 1.29. The van der Waals surface area contributed by atoms with E-state index in [0.717, 1.165) is 17.7 Å². The third-order valence-electron chi connectivity index (χ3n) is 4.29. The van der Waals surface area contributed by atoms with Crippen LogP contribution in [0.2, 0.25) is 0 Å². The molecule has 2 heterocycles. The maximum Gasteiger partial charge on any atom is 0.240 e. The molecule has 132 valence electrons. The highest BCUT2D eigenvalue weighted by molar-refractivity contribution is 5.99. The van der Waals surface area contributed by atoms with Gasteiger partial charge in [0, 0.05) is 24.6 Å². The van der Waals surface area contributed by atoms with E-state index in [0.29, 0.717) is 31.2 Å². The van der Waals surface area contributed by atoms with E-state index in [9.17, 15) is 9.59 Å². The summed E-state index contributed by atoms with van der Waals surface area (Å²) in [5.74, 6) is 1.05. The molecule has 0 radical (unpaired) electrons. The van der Waals surface area contributed by atoms with Gasteiger partial charge >= 0.3 is 0 Å². The molecule has 0 fully saturated rings. The van der Waals surface area contributed by atoms with Crippen LogP contribution >= 0.6 is 0 Å². The fraction of sp³-hybridized carbons (Fsp3) is 0.421. The quantitative estimate of drug-likeness (QED) is 0.878. The molecule has 25 heavy (non-hydrogen) atoms. The zero-order valence-corrected chi connectivity index (χ0v) is 14.7. The molecule has 0 spiro atoms. The summed E-state index contributed by atoms with van der Waals surface area (Å²) in [6, 6.07) is 11.7. The molecule has 0 atom stereocenters. The number of rotatable bonds is 6. The predicted octanol–water partition coefficient (Wildman–Crippen LogP) is 2.45. The van der Waals surface area contributed by atoms with E-state index >= 15 is 0 Å². The maximum atomic E-state index is 12.3. The topological polar surface area (TPSA) is 67.2 Å². The summed E-state index contributed by atoms with van der Waals surface area (Å²) < 4.78 is 1.81. The van der Waals surface area contributed by atoms with Gasteiger partial charge in [0.2, 0.25) is 11.8 Å². The lowest BCUT2D eigenvalue weighted by Crippen LogP contribution is -2.44. The van der Waals surface area contributed by atoms with Crippen molar-refractivity contribution in [1.29, 1.82) is 0 Å². The lowest BCUT2D eigenvalue weighted by atomic mass is 10.1. The number of nitrogens with zero attached hydrogens (tertiary/aromatic N) is 3. The van der Waals surface area contributed by atoms with Gasteiger partial charge in [0.25, 0.3) is 0 Å². The highest BCUT2D eigenvalue weighted by Gasteiger charge is 2.28. The molecule has 2 aromatic rings. The van der Waals surface area contributed by atoms with Crippen LogP contribution < -0.4 is 10.2 Å². The lowest BCUT2D eigenvalue weighted by molar-refractivity contribution is -0.124. The smallest absolute Gasteiger partial charge is 0.240 e. The van der Waals surface area contributed by atoms with Gasteiger partial charge in [-0.2, -0.15) is 5.10 Å². The Morgan fingerprint density at radius 1 is 1.28 bits per heavy atom. The van der Waals surface area contributed by atoms with Gasteiger partial charge in [-0.25, -0.2) is 4.68 Å². The van der Waals surface area contributed by atoms with E-state index in [2.05, 4.69) is 24.3 Å². The van der Waals surface area contributed by atoms with Crippen LogP contribution in [0, 0.1) is 5.92 Å². The average molecular weight is 340 g/mol. The van der Waals surface area contributed by atoms with Crippen LogP contribution in [0.25, 0.3) is 11.3 Å². The number of anilines is 1. The number of nitrogens with one attached hydrogen (secondary N) is 1. The Bertz CT molecular complexity index is 752. The van der Waals surface area contributed by atoms with Crippen LogP contribution in [-0.4, -0.2) is 34.7 Å². The van der Waals surface area contributed by atoms with Crippen LogP contribution in [0.4, 0.5) is 5.82 Å². The number of carbonyl (C=O) groups is 2. The lowest BCUT2D eigenvalue weighted by Gasteiger charge is -2.26. The Hall–Kier alpha value is -2.63. The highest BCUT2D eigenvalue weighted by Crippen LogP contribution is 2.27. The number of aryl methyl sites for hydroxylation is 1. The van der Waals surface area contributed by atoms with Crippen LogP contribution in [0.1, 0.15) is 26.7 Å². The molecule has 1 aliphatic rings. The fourth-order valence-corrected chi connectivity index (χ4v) is 2.87. The Morgan fingerprint density at radius 2 is 2.04 bits per heavy atom. The van der Waals surface area contributed by atoms with E-state index in [1.807, 2.05) is 41.1 Å². The van der Waals surface area contributed by atoms with Crippen molar-refractivity contribution < 1.29 is 9.59 Å². The summed E-state index contributed by atoms with van der Waals surface area (Å²) in [5.41, 5.74) is 1.81. The summed E-state index contributed by atoms with van der Waals surface area (Å²) in [7, 11) is 0. The Kier molecular flexibility index (Phi) is 5.16. The van der Waals surface area contributed by atoms with Crippen molar-refractivity contribution >= 4 is 17.6 Å². The SMILES string of the molecule is CC(C)CCNC(=O)CN1C(=O)CCn2nc(-c3ccccc3)cc21. The van der Waals surface area contributed by atoms with E-state index in [4.69, 9.17) is 0 Å². The van der Waals surface area contributed by atoms with Gasteiger partial charge in [0.05, 0.1) is 12.2 Å². The minimum absolute atomic E-state index is 0.0361. The van der Waals surface area contributed by atoms with Crippen molar-refractivity contribution in [2.75, 3.05) is 18.0 Å². The summed E-state index contributed by atoms with van der Waals surface area (Å²) in [6.45, 7) is 5.45. The Labute approximate surface area is 147 Å². The molecule has 0 aliphatic carbocycles. The van der Waals surface area contributed by atoms with Gasteiger partial charge in [-0.3, -0.25) is 14.5 Å². The summed E-state index contributed by atoms with van der Waals surface area (Å²) in [5, 5.41) is 7.48. The second-order valence-electron chi connectivity index (χ2n) is 6.74. The minimum atomic E-state index is -0.134. The van der Waals surface area contributed by atoms with Crippen LogP contribution in [0.3, 0.4) is 0 Å². The molecule has 2 amide bonds. The number of benzene rings is 1. The van der Waals surface area contributed by atoms with E-state index in [-0.39, 0.29) is 18.4 Å². The number of hydrogen-bond acceptors (Lipinski definition) is 3. The Morgan fingerprint density at radius 3 is 2.76 bits per heavy atom. The number of carbonyl (C=O) groups excluding carboxylic acids is 2. The van der Waals surface area contributed by atoms with Gasteiger partial charge in [0.1, 0.15) is 12.4 Å². The molecule has 6 heteroatoms. The molecule has 0 saturated heterocycles. The van der Waals surface area contributed by atoms with E-state index < -0.39 is 0 Å². The molecule has 6 nitrogen and oxygen atoms in total. The monoisotopic (exact) mass is 340 g/mol. The number of aromatic nitrogens is 2. The van der Waals surface area contributed by atoms with Crippen LogP contribution in [-0.2, 0) is 16.1 Å². The molecule has 0 bridgehead atoms. The van der Waals surface area contributed by atoms with Crippen molar-refractivity contribution in [3.8, 4) is 11.3 Å². The van der Waals surface area contributed by atoms with Crippen molar-refractivity contribution in [3.05, 3.63) is 36.4 Å². The standard InChI is InChI=1S/C19H24N4O2/c1-14(2)8-10-20-17(24)13-22-18-12-16(15-6-4-3-5-7-15)21-23(18)11-9-19(22)25/h3-7,12,14H,8-11,13H2,1-2H3,(H,20,24). The van der Waals surface area contributed by atoms with Gasteiger partial charge in [-0.05, 0) is 12.3 Å². The maximum absolute atomic E-state index is 12.3. The molecular formula is C19H24N4O2. The van der Waals surface area contributed by atoms with Crippen molar-refractivity contribution in [3.63, 3.8) is 0 Å². The third kappa shape index (κ3) is 4.07. The van der Waals surface area contributed by atoms with Crippen molar-refractivity contribution in [1.82, 2.24) is 15.1 Å². The first-order chi connectivity index (χ1) is 12.0. The normalized spacial score (nSPS) is 13.9. The highest BCUT2D eigenvalue weighted by atomic mass is 16.2. The van der Waals surface area contributed by atoms with Gasteiger partial charge in [-0.15, -0.1) is 0 Å². The molecular weight excluding hydrogens is 316 g/mol. The van der Waals surface area contributed by atoms with Crippen molar-refractivity contribution in [2.24, 2.45) is 5.92 Å². The first kappa shape index (κ1) is 17.2. The second kappa shape index (κ2) is 7.51. The summed E-state index contributed by atoms with van der Waals surface area (Å²) in [4.78, 5) is 26.1. The predicted molar refractivity (Wildman–Crippen MR) is 97.1 cm³/mol. The van der Waals surface area contributed by atoms with Gasteiger partial charge in [0.15, 0.2) is 0 Å². The largest absolute Gasteiger partial charge is 0.355 e. The molecule has 1 aromatic carbocycles. The zero-order valence-electron chi connectivity index (χ0n) is 14.7. The summed E-state index contributed by atoms with van der Waals surface area (Å²) >= 11 is 0. The van der Waals surface area contributed by atoms with Crippen LogP contribution in [0.15, 0.2) is 36.4 Å². The number of hydrogen-bond donors (Lipinski definition) is 1. The van der Waals surface area contributed by atoms with Crippen LogP contribution in [0.5, 0.6) is 0 Å². The second-order valence-corrected chi connectivity index (χ2v) is 6.74. The van der Waals surface area contributed by atoms with Crippen molar-refractivity contribution in [2.45, 2.75) is 33.2 Å². The zero-order chi connectivity index (χ0) is 17.8. The molecule has 0 saturated carbocycles. The number of fused-ring (bicyclic) bond motifs is 1. The third-order valence-corrected chi connectivity index (χ3v) is 4.29. The molecule has 1 aliphatic heterocycles. The molecule has 0 unspecified atom stereocenters. The Balaban J connectivity index is 1.74. The number of amides is 2. The van der Waals surface area contributed by atoms with E-state index in [1.54, 1.807) is 0 Å².